The molecule has 1 aliphatic heterocycles. The van der Waals surface area contributed by atoms with Crippen LogP contribution < -0.4 is 15.0 Å². The van der Waals surface area contributed by atoms with Crippen molar-refractivity contribution in [2.24, 2.45) is 0 Å². The van der Waals surface area contributed by atoms with Crippen molar-refractivity contribution in [3.8, 4) is 5.75 Å². The third kappa shape index (κ3) is 3.55. The number of hydrogen-bond acceptors (Lipinski definition) is 2. The van der Waals surface area contributed by atoms with Crippen molar-refractivity contribution in [1.82, 2.24) is 5.32 Å². The normalized spacial score (nSPS) is 13.5. The van der Waals surface area contributed by atoms with Crippen molar-refractivity contribution in [1.29, 1.82) is 0 Å². The number of ether oxygens (including phenoxy) is 1. The Hall–Kier alpha value is -2.70. The second-order valence-corrected chi connectivity index (χ2v) is 5.71. The van der Waals surface area contributed by atoms with E-state index in [9.17, 15) is 18.0 Å². The number of alkyl halides is 3. The zero-order valence-corrected chi connectivity index (χ0v) is 13.6. The van der Waals surface area contributed by atoms with Crippen molar-refractivity contribution < 1.29 is 22.7 Å². The third-order valence-corrected chi connectivity index (χ3v) is 4.18. The molecule has 0 fully saturated rings. The van der Waals surface area contributed by atoms with Gasteiger partial charge in [-0.2, -0.15) is 13.2 Å². The van der Waals surface area contributed by atoms with Gasteiger partial charge in [-0.1, -0.05) is 24.3 Å². The smallest absolute Gasteiger partial charge is 0.416 e. The van der Waals surface area contributed by atoms with Gasteiger partial charge in [0, 0.05) is 18.8 Å². The summed E-state index contributed by atoms with van der Waals surface area (Å²) >= 11 is 0. The fourth-order valence-electron chi connectivity index (χ4n) is 2.92. The quantitative estimate of drug-likeness (QED) is 0.910. The summed E-state index contributed by atoms with van der Waals surface area (Å²) in [6, 6.07) is 10.8. The first-order valence-corrected chi connectivity index (χ1v) is 7.77. The Morgan fingerprint density at radius 1 is 1.24 bits per heavy atom. The number of para-hydroxylation sites is 1. The standard InChI is InChI=1S/C18H17F3N2O2/c1-25-14-7-6-13(15(10-14)18(19,20)21)11-22-17(24)23-9-8-12-4-2-3-5-16(12)23/h2-7,10H,8-9,11H2,1H3,(H,22,24). The summed E-state index contributed by atoms with van der Waals surface area (Å²) in [6.45, 7) is 0.302. The molecule has 0 aliphatic carbocycles. The lowest BCUT2D eigenvalue weighted by atomic mass is 10.1. The van der Waals surface area contributed by atoms with Gasteiger partial charge < -0.3 is 10.1 Å². The minimum atomic E-state index is -4.52. The number of anilines is 1. The van der Waals surface area contributed by atoms with Crippen LogP contribution in [0.1, 0.15) is 16.7 Å². The van der Waals surface area contributed by atoms with E-state index in [4.69, 9.17) is 4.74 Å². The van der Waals surface area contributed by atoms with Crippen LogP contribution in [0.2, 0.25) is 0 Å². The Labute approximate surface area is 143 Å². The van der Waals surface area contributed by atoms with Crippen LogP contribution in [0, 0.1) is 0 Å². The molecule has 2 aromatic carbocycles. The number of halogens is 3. The minimum absolute atomic E-state index is 0.00543. The summed E-state index contributed by atoms with van der Waals surface area (Å²) < 4.78 is 44.5. The van der Waals surface area contributed by atoms with E-state index in [-0.39, 0.29) is 17.9 Å². The van der Waals surface area contributed by atoms with Crippen LogP contribution in [0.3, 0.4) is 0 Å². The maximum Gasteiger partial charge on any atom is 0.416 e. The fourth-order valence-corrected chi connectivity index (χ4v) is 2.92. The van der Waals surface area contributed by atoms with Crippen molar-refractivity contribution in [3.05, 3.63) is 59.2 Å². The van der Waals surface area contributed by atoms with Crippen LogP contribution in [0.25, 0.3) is 0 Å². The largest absolute Gasteiger partial charge is 0.497 e. The molecule has 0 atom stereocenters. The number of carbonyl (C=O) groups is 1. The number of rotatable bonds is 3. The number of benzene rings is 2. The highest BCUT2D eigenvalue weighted by molar-refractivity contribution is 5.94. The molecule has 132 valence electrons. The van der Waals surface area contributed by atoms with E-state index >= 15 is 0 Å². The Morgan fingerprint density at radius 3 is 2.72 bits per heavy atom. The Kier molecular flexibility index (Phi) is 4.57. The average Bonchev–Trinajstić information content (AvgIpc) is 3.03. The highest BCUT2D eigenvalue weighted by Crippen LogP contribution is 2.34. The summed E-state index contributed by atoms with van der Waals surface area (Å²) in [6.07, 6.45) is -3.78. The minimum Gasteiger partial charge on any atom is -0.497 e. The van der Waals surface area contributed by atoms with E-state index in [1.165, 1.54) is 19.2 Å². The van der Waals surface area contributed by atoms with Gasteiger partial charge in [0.1, 0.15) is 5.75 Å². The first kappa shape index (κ1) is 17.1. The molecule has 25 heavy (non-hydrogen) atoms. The topological polar surface area (TPSA) is 41.6 Å². The van der Waals surface area contributed by atoms with Gasteiger partial charge in [0.15, 0.2) is 0 Å². The van der Waals surface area contributed by atoms with Gasteiger partial charge in [0.25, 0.3) is 0 Å². The van der Waals surface area contributed by atoms with Crippen LogP contribution in [0.4, 0.5) is 23.7 Å². The van der Waals surface area contributed by atoms with Crippen LogP contribution in [-0.2, 0) is 19.1 Å². The predicted molar refractivity (Wildman–Crippen MR) is 87.7 cm³/mol. The highest BCUT2D eigenvalue weighted by Gasteiger charge is 2.34. The number of methoxy groups -OCH3 is 1. The van der Waals surface area contributed by atoms with E-state index in [2.05, 4.69) is 5.32 Å². The summed E-state index contributed by atoms with van der Waals surface area (Å²) in [5.41, 5.74) is 1.03. The van der Waals surface area contributed by atoms with Gasteiger partial charge in [-0.25, -0.2) is 4.79 Å². The Bertz CT molecular complexity index is 790. The number of nitrogens with one attached hydrogen (secondary N) is 1. The van der Waals surface area contributed by atoms with Gasteiger partial charge in [0.05, 0.1) is 12.7 Å². The molecule has 7 heteroatoms. The number of amides is 2. The summed E-state index contributed by atoms with van der Waals surface area (Å²) in [5, 5.41) is 2.58. The van der Waals surface area contributed by atoms with Gasteiger partial charge in [-0.15, -0.1) is 0 Å². The molecule has 2 aromatic rings. The molecule has 0 saturated heterocycles. The van der Waals surface area contributed by atoms with E-state index in [1.54, 1.807) is 4.90 Å². The predicted octanol–water partition coefficient (Wildman–Crippen LogP) is 3.99. The van der Waals surface area contributed by atoms with Crippen LogP contribution in [-0.4, -0.2) is 19.7 Å². The lowest BCUT2D eigenvalue weighted by Crippen LogP contribution is -2.38. The number of hydrogen-bond donors (Lipinski definition) is 1. The summed E-state index contributed by atoms with van der Waals surface area (Å²) in [7, 11) is 1.31. The first-order chi connectivity index (χ1) is 11.9. The van der Waals surface area contributed by atoms with Gasteiger partial charge in [0.2, 0.25) is 0 Å². The van der Waals surface area contributed by atoms with E-state index in [0.29, 0.717) is 6.54 Å². The molecule has 0 saturated carbocycles. The second kappa shape index (κ2) is 6.66. The Morgan fingerprint density at radius 2 is 2.00 bits per heavy atom. The highest BCUT2D eigenvalue weighted by atomic mass is 19.4. The van der Waals surface area contributed by atoms with Crippen molar-refractivity contribution >= 4 is 11.7 Å². The molecular weight excluding hydrogens is 333 g/mol. The second-order valence-electron chi connectivity index (χ2n) is 5.71. The molecule has 0 bridgehead atoms. The molecule has 0 unspecified atom stereocenters. The summed E-state index contributed by atoms with van der Waals surface area (Å²) in [5.74, 6) is 0.121. The molecule has 1 heterocycles. The first-order valence-electron chi connectivity index (χ1n) is 7.77. The fraction of sp³-hybridized carbons (Fsp3) is 0.278. The average molecular weight is 350 g/mol. The lowest BCUT2D eigenvalue weighted by Gasteiger charge is -2.19. The van der Waals surface area contributed by atoms with Crippen molar-refractivity contribution in [2.45, 2.75) is 19.1 Å². The molecule has 1 N–H and O–H groups in total. The Balaban J connectivity index is 1.75. The SMILES string of the molecule is COc1ccc(CNC(=O)N2CCc3ccccc32)c(C(F)(F)F)c1. The zero-order valence-electron chi connectivity index (χ0n) is 13.6. The van der Waals surface area contributed by atoms with E-state index in [1.807, 2.05) is 24.3 Å². The zero-order chi connectivity index (χ0) is 18.0. The molecule has 0 radical (unpaired) electrons. The molecule has 1 aliphatic rings. The lowest BCUT2D eigenvalue weighted by molar-refractivity contribution is -0.138. The van der Waals surface area contributed by atoms with Gasteiger partial charge >= 0.3 is 12.2 Å². The molecule has 0 aromatic heterocycles. The maximum atomic E-state index is 13.2. The molecule has 2 amide bonds. The van der Waals surface area contributed by atoms with Crippen LogP contribution in [0.5, 0.6) is 5.75 Å². The van der Waals surface area contributed by atoms with Crippen molar-refractivity contribution in [2.75, 3.05) is 18.6 Å². The molecular formula is C18H17F3N2O2. The van der Waals surface area contributed by atoms with E-state index in [0.717, 1.165) is 23.7 Å². The maximum absolute atomic E-state index is 13.2. The summed E-state index contributed by atoms with van der Waals surface area (Å²) in [4.78, 5) is 13.9. The van der Waals surface area contributed by atoms with E-state index < -0.39 is 17.8 Å². The number of fused-ring (bicyclic) bond motifs is 1. The monoisotopic (exact) mass is 350 g/mol. The number of carbonyl (C=O) groups excluding carboxylic acids is 1. The van der Waals surface area contributed by atoms with Crippen LogP contribution in [0.15, 0.2) is 42.5 Å². The third-order valence-electron chi connectivity index (χ3n) is 4.18. The molecule has 3 rings (SSSR count). The van der Waals surface area contributed by atoms with Crippen LogP contribution >= 0.6 is 0 Å². The molecule has 0 spiro atoms. The number of nitrogens with zero attached hydrogens (tertiary/aromatic N) is 1. The molecule has 4 nitrogen and oxygen atoms in total. The van der Waals surface area contributed by atoms with Gasteiger partial charge in [-0.05, 0) is 35.7 Å². The van der Waals surface area contributed by atoms with Crippen molar-refractivity contribution in [3.63, 3.8) is 0 Å². The van der Waals surface area contributed by atoms with Gasteiger partial charge in [-0.3, -0.25) is 4.90 Å². The number of urea groups is 1.